The number of carbonyl (C=O) groups is 3. The monoisotopic (exact) mass is 416 g/mol. The zero-order chi connectivity index (χ0) is 21.4. The minimum atomic E-state index is -0.942. The number of nitrogens with zero attached hydrogens (tertiary/aromatic N) is 1. The van der Waals surface area contributed by atoms with Crippen LogP contribution < -0.4 is 15.0 Å². The zero-order valence-electron chi connectivity index (χ0n) is 16.7. The molecule has 1 N–H and O–H groups in total. The smallest absolute Gasteiger partial charge is 0.289 e. The summed E-state index contributed by atoms with van der Waals surface area (Å²) in [6.45, 7) is 4.01. The van der Waals surface area contributed by atoms with E-state index in [1.54, 1.807) is 48.5 Å². The molecular weight excluding hydrogens is 392 g/mol. The molecule has 0 aliphatic carbocycles. The Labute approximate surface area is 175 Å². The van der Waals surface area contributed by atoms with Crippen molar-refractivity contribution in [2.24, 2.45) is 5.92 Å². The van der Waals surface area contributed by atoms with Gasteiger partial charge < -0.3 is 15.0 Å². The van der Waals surface area contributed by atoms with E-state index in [-0.39, 0.29) is 12.5 Å². The summed E-state index contributed by atoms with van der Waals surface area (Å²) in [6.07, 6.45) is 0.896. The molecule has 0 saturated carbocycles. The average Bonchev–Trinajstić information content (AvgIpc) is 2.71. The van der Waals surface area contributed by atoms with Gasteiger partial charge in [-0.25, -0.2) is 0 Å². The fourth-order valence-electron chi connectivity index (χ4n) is 3.00. The van der Waals surface area contributed by atoms with Crippen molar-refractivity contribution in [2.75, 3.05) is 12.0 Å². The highest BCUT2D eigenvalue weighted by molar-refractivity contribution is 6.39. The number of para-hydroxylation sites is 2. The van der Waals surface area contributed by atoms with E-state index in [9.17, 15) is 14.4 Å². The number of hydrogen-bond donors (Lipinski definition) is 1. The first-order valence-electron chi connectivity index (χ1n) is 9.30. The molecule has 29 heavy (non-hydrogen) atoms. The molecule has 0 aliphatic heterocycles. The summed E-state index contributed by atoms with van der Waals surface area (Å²) in [7, 11) is 1.48. The topological polar surface area (TPSA) is 75.7 Å². The number of halogens is 1. The molecule has 6 nitrogen and oxygen atoms in total. The summed E-state index contributed by atoms with van der Waals surface area (Å²) in [5, 5.41) is 3.16. The van der Waals surface area contributed by atoms with Crippen LogP contribution in [-0.2, 0) is 20.9 Å². The second kappa shape index (κ2) is 10.6. The Morgan fingerprint density at radius 1 is 1.17 bits per heavy atom. The Bertz CT molecular complexity index is 869. The quantitative estimate of drug-likeness (QED) is 0.474. The number of amides is 2. The van der Waals surface area contributed by atoms with Crippen molar-refractivity contribution in [3.63, 3.8) is 0 Å². The van der Waals surface area contributed by atoms with Crippen LogP contribution in [-0.4, -0.2) is 31.3 Å². The minimum Gasteiger partial charge on any atom is -0.495 e. The number of nitrogens with one attached hydrogen (secondary N) is 1. The Morgan fingerprint density at radius 3 is 2.52 bits per heavy atom. The van der Waals surface area contributed by atoms with Gasteiger partial charge in [0, 0.05) is 11.6 Å². The number of hydrogen-bond acceptors (Lipinski definition) is 4. The van der Waals surface area contributed by atoms with E-state index in [0.717, 1.165) is 5.56 Å². The predicted molar refractivity (Wildman–Crippen MR) is 113 cm³/mol. The molecule has 2 aromatic carbocycles. The van der Waals surface area contributed by atoms with Crippen molar-refractivity contribution in [2.45, 2.75) is 32.9 Å². The van der Waals surface area contributed by atoms with E-state index in [4.69, 9.17) is 16.3 Å². The van der Waals surface area contributed by atoms with E-state index in [0.29, 0.717) is 29.3 Å². The van der Waals surface area contributed by atoms with Crippen LogP contribution in [0.25, 0.3) is 0 Å². The number of carbonyl (C=O) groups excluding carboxylic acids is 3. The van der Waals surface area contributed by atoms with Gasteiger partial charge in [-0.3, -0.25) is 14.4 Å². The van der Waals surface area contributed by atoms with E-state index in [1.807, 2.05) is 13.8 Å². The number of Topliss-reactive ketones (excluding diaryl/α,β-unsaturated/α-hetero) is 1. The summed E-state index contributed by atoms with van der Waals surface area (Å²) < 4.78 is 5.32. The Morgan fingerprint density at radius 2 is 1.90 bits per heavy atom. The number of methoxy groups -OCH3 is 1. The van der Waals surface area contributed by atoms with Crippen molar-refractivity contribution in [3.05, 3.63) is 59.1 Å². The minimum absolute atomic E-state index is 0.0850. The van der Waals surface area contributed by atoms with Gasteiger partial charge in [0.1, 0.15) is 11.8 Å². The highest BCUT2D eigenvalue weighted by Gasteiger charge is 2.32. The van der Waals surface area contributed by atoms with Gasteiger partial charge in [0.25, 0.3) is 5.91 Å². The molecule has 0 fully saturated rings. The fraction of sp³-hybridized carbons (Fsp3) is 0.318. The lowest BCUT2D eigenvalue weighted by molar-refractivity contribution is -0.139. The largest absolute Gasteiger partial charge is 0.495 e. The lowest BCUT2D eigenvalue weighted by Crippen LogP contribution is -2.48. The van der Waals surface area contributed by atoms with E-state index in [2.05, 4.69) is 5.32 Å². The number of ether oxygens (including phenoxy) is 1. The molecule has 1 unspecified atom stereocenters. The molecule has 154 valence electrons. The number of benzene rings is 2. The van der Waals surface area contributed by atoms with Crippen molar-refractivity contribution < 1.29 is 19.1 Å². The Balaban J connectivity index is 2.23. The first-order chi connectivity index (χ1) is 13.9. The molecule has 2 rings (SSSR count). The first-order valence-corrected chi connectivity index (χ1v) is 9.68. The highest BCUT2D eigenvalue weighted by Crippen LogP contribution is 2.30. The first kappa shape index (κ1) is 22.4. The molecule has 0 bridgehead atoms. The molecule has 1 atom stereocenters. The number of anilines is 1. The van der Waals surface area contributed by atoms with Crippen LogP contribution in [0.3, 0.4) is 0 Å². The highest BCUT2D eigenvalue weighted by atomic mass is 35.5. The molecule has 0 aromatic heterocycles. The maximum absolute atomic E-state index is 13.0. The third-order valence-corrected chi connectivity index (χ3v) is 4.61. The summed E-state index contributed by atoms with van der Waals surface area (Å²) >= 11 is 5.95. The summed E-state index contributed by atoms with van der Waals surface area (Å²) in [4.78, 5) is 38.7. The second-order valence-electron chi connectivity index (χ2n) is 7.01. The van der Waals surface area contributed by atoms with Crippen molar-refractivity contribution in [3.8, 4) is 5.75 Å². The number of ketones is 1. The molecule has 2 amide bonds. The molecule has 0 radical (unpaired) electrons. The molecule has 0 spiro atoms. The molecule has 7 heteroatoms. The van der Waals surface area contributed by atoms with Gasteiger partial charge in [0.2, 0.25) is 12.2 Å². The molecule has 0 aliphatic rings. The van der Waals surface area contributed by atoms with Gasteiger partial charge in [0.15, 0.2) is 0 Å². The zero-order valence-corrected chi connectivity index (χ0v) is 17.5. The van der Waals surface area contributed by atoms with Gasteiger partial charge >= 0.3 is 0 Å². The number of rotatable bonds is 10. The SMILES string of the molecule is COc1ccccc1N(C=O)C(CC(C)C)C(=O)C(=O)NCc1cccc(Cl)c1. The third kappa shape index (κ3) is 6.06. The van der Waals surface area contributed by atoms with Crippen LogP contribution in [0.5, 0.6) is 5.75 Å². The average molecular weight is 417 g/mol. The van der Waals surface area contributed by atoms with E-state index < -0.39 is 17.7 Å². The van der Waals surface area contributed by atoms with Crippen molar-refractivity contribution in [1.29, 1.82) is 0 Å². The normalized spacial score (nSPS) is 11.6. The molecular formula is C22H25ClN2O4. The van der Waals surface area contributed by atoms with Gasteiger partial charge in [-0.1, -0.05) is 49.7 Å². The maximum Gasteiger partial charge on any atom is 0.289 e. The summed E-state index contributed by atoms with van der Waals surface area (Å²) in [5.74, 6) is -0.904. The van der Waals surface area contributed by atoms with Gasteiger partial charge in [-0.05, 0) is 42.2 Å². The van der Waals surface area contributed by atoms with Crippen LogP contribution in [0.2, 0.25) is 5.02 Å². The lowest BCUT2D eigenvalue weighted by Gasteiger charge is -2.29. The van der Waals surface area contributed by atoms with E-state index in [1.165, 1.54) is 12.0 Å². The van der Waals surface area contributed by atoms with Crippen LogP contribution in [0.1, 0.15) is 25.8 Å². The fourth-order valence-corrected chi connectivity index (χ4v) is 3.22. The Kier molecular flexibility index (Phi) is 8.21. The summed E-state index contributed by atoms with van der Waals surface area (Å²) in [6, 6.07) is 12.9. The van der Waals surface area contributed by atoms with Gasteiger partial charge in [-0.2, -0.15) is 0 Å². The third-order valence-electron chi connectivity index (χ3n) is 4.38. The maximum atomic E-state index is 13.0. The molecule has 2 aromatic rings. The predicted octanol–water partition coefficient (Wildman–Crippen LogP) is 3.61. The van der Waals surface area contributed by atoms with Crippen molar-refractivity contribution in [1.82, 2.24) is 5.32 Å². The molecule has 0 saturated heterocycles. The lowest BCUT2D eigenvalue weighted by atomic mass is 9.97. The van der Waals surface area contributed by atoms with Crippen LogP contribution in [0.4, 0.5) is 5.69 Å². The van der Waals surface area contributed by atoms with Crippen LogP contribution in [0.15, 0.2) is 48.5 Å². The molecule has 0 heterocycles. The Hall–Kier alpha value is -2.86. The van der Waals surface area contributed by atoms with E-state index >= 15 is 0 Å². The van der Waals surface area contributed by atoms with Gasteiger partial charge in [0.05, 0.1) is 12.8 Å². The standard InChI is InChI=1S/C22H25ClN2O4/c1-15(2)11-19(25(14-26)18-9-4-5-10-20(18)29-3)21(27)22(28)24-13-16-7-6-8-17(23)12-16/h4-10,12,14-15,19H,11,13H2,1-3H3,(H,24,28). The summed E-state index contributed by atoms with van der Waals surface area (Å²) in [5.41, 5.74) is 1.21. The van der Waals surface area contributed by atoms with Crippen LogP contribution in [0, 0.1) is 5.92 Å². The van der Waals surface area contributed by atoms with Gasteiger partial charge in [-0.15, -0.1) is 0 Å². The van der Waals surface area contributed by atoms with Crippen molar-refractivity contribution >= 4 is 35.4 Å². The van der Waals surface area contributed by atoms with Crippen LogP contribution >= 0.6 is 11.6 Å². The second-order valence-corrected chi connectivity index (χ2v) is 7.44.